The number of carbonyl (C=O) groups is 4. The minimum atomic E-state index is -1.27. The number of amides is 3. The maximum Gasteiger partial charge on any atom is 0.407 e. The van der Waals surface area contributed by atoms with Crippen LogP contribution in [-0.2, 0) is 20.8 Å². The summed E-state index contributed by atoms with van der Waals surface area (Å²) in [5.41, 5.74) is -0.157. The van der Waals surface area contributed by atoms with Crippen molar-refractivity contribution in [2.45, 2.75) is 39.0 Å². The number of nitrogens with zero attached hydrogens (tertiary/aromatic N) is 1. The van der Waals surface area contributed by atoms with Gasteiger partial charge >= 0.3 is 12.1 Å². The third kappa shape index (κ3) is 8.31. The minimum absolute atomic E-state index is 0.0555. The SMILES string of the molecule is COC(=O)[C@H](CNC(=O)OC(C)(C)C)NC(=O)c1sc(C(=O)NCc2cccc(O)c2)cc1C#N. The summed E-state index contributed by atoms with van der Waals surface area (Å²) in [7, 11) is 1.12. The predicted octanol–water partition coefficient (Wildman–Crippen LogP) is 2.05. The maximum absolute atomic E-state index is 12.8. The molecule has 3 amide bonds. The van der Waals surface area contributed by atoms with Gasteiger partial charge in [-0.15, -0.1) is 11.3 Å². The van der Waals surface area contributed by atoms with E-state index in [4.69, 9.17) is 4.74 Å². The van der Waals surface area contributed by atoms with Crippen molar-refractivity contribution >= 4 is 35.2 Å². The number of alkyl carbamates (subject to hydrolysis) is 1. The number of esters is 1. The van der Waals surface area contributed by atoms with E-state index in [-0.39, 0.29) is 34.2 Å². The Hall–Kier alpha value is -4.11. The third-order valence-corrected chi connectivity index (χ3v) is 5.42. The van der Waals surface area contributed by atoms with Crippen molar-refractivity contribution in [3.05, 3.63) is 51.2 Å². The molecule has 0 aliphatic carbocycles. The highest BCUT2D eigenvalue weighted by Gasteiger charge is 2.27. The number of ether oxygens (including phenoxy) is 2. The fourth-order valence-corrected chi connectivity index (χ4v) is 3.68. The van der Waals surface area contributed by atoms with Crippen LogP contribution in [0.15, 0.2) is 30.3 Å². The number of hydrogen-bond acceptors (Lipinski definition) is 9. The van der Waals surface area contributed by atoms with E-state index in [1.165, 1.54) is 18.2 Å². The zero-order chi connectivity index (χ0) is 26.2. The van der Waals surface area contributed by atoms with Gasteiger partial charge in [-0.05, 0) is 44.5 Å². The molecule has 0 unspecified atom stereocenters. The molecule has 1 aromatic carbocycles. The molecule has 35 heavy (non-hydrogen) atoms. The van der Waals surface area contributed by atoms with E-state index in [2.05, 4.69) is 20.7 Å². The highest BCUT2D eigenvalue weighted by molar-refractivity contribution is 7.16. The van der Waals surface area contributed by atoms with E-state index < -0.39 is 35.5 Å². The summed E-state index contributed by atoms with van der Waals surface area (Å²) in [4.78, 5) is 49.4. The number of rotatable bonds is 8. The van der Waals surface area contributed by atoms with Gasteiger partial charge in [-0.1, -0.05) is 12.1 Å². The van der Waals surface area contributed by atoms with Crippen LogP contribution in [0.4, 0.5) is 4.79 Å². The summed E-state index contributed by atoms with van der Waals surface area (Å²) in [6.45, 7) is 4.81. The Bertz CT molecular complexity index is 1150. The Balaban J connectivity index is 2.09. The number of thiophene rings is 1. The molecule has 0 spiro atoms. The van der Waals surface area contributed by atoms with Crippen molar-refractivity contribution in [2.24, 2.45) is 0 Å². The lowest BCUT2D eigenvalue weighted by Gasteiger charge is -2.21. The molecule has 2 rings (SSSR count). The molecule has 12 heteroatoms. The van der Waals surface area contributed by atoms with Gasteiger partial charge in [0.25, 0.3) is 11.8 Å². The fourth-order valence-electron chi connectivity index (χ4n) is 2.75. The Morgan fingerprint density at radius 2 is 1.86 bits per heavy atom. The summed E-state index contributed by atoms with van der Waals surface area (Å²) in [6.07, 6.45) is -0.791. The van der Waals surface area contributed by atoms with Crippen LogP contribution in [0, 0.1) is 11.3 Å². The standard InChI is InChI=1S/C23H26N4O7S/c1-23(2,3)34-22(32)26-12-16(21(31)33-4)27-20(30)18-14(10-24)9-17(35-18)19(29)25-11-13-6-5-7-15(28)8-13/h5-9,16,28H,11-12H2,1-4H3,(H,25,29)(H,26,32)(H,27,30)/t16-/m0/s1. The number of methoxy groups -OCH3 is 1. The van der Waals surface area contributed by atoms with Crippen molar-refractivity contribution in [1.29, 1.82) is 5.26 Å². The highest BCUT2D eigenvalue weighted by Crippen LogP contribution is 2.22. The van der Waals surface area contributed by atoms with Crippen LogP contribution in [-0.4, -0.2) is 54.3 Å². The Morgan fingerprint density at radius 3 is 2.46 bits per heavy atom. The van der Waals surface area contributed by atoms with E-state index in [1.807, 2.05) is 6.07 Å². The summed E-state index contributed by atoms with van der Waals surface area (Å²) < 4.78 is 9.78. The first kappa shape index (κ1) is 27.1. The Labute approximate surface area is 206 Å². The van der Waals surface area contributed by atoms with E-state index in [9.17, 15) is 29.5 Å². The van der Waals surface area contributed by atoms with Crippen molar-refractivity contribution in [2.75, 3.05) is 13.7 Å². The number of phenolic OH excluding ortho intramolecular Hbond substituents is 1. The number of benzene rings is 1. The number of nitrogens with one attached hydrogen (secondary N) is 3. The molecule has 0 saturated carbocycles. The van der Waals surface area contributed by atoms with Crippen molar-refractivity contribution in [1.82, 2.24) is 16.0 Å². The lowest BCUT2D eigenvalue weighted by atomic mass is 10.2. The van der Waals surface area contributed by atoms with Gasteiger partial charge in [-0.3, -0.25) is 9.59 Å². The van der Waals surface area contributed by atoms with Gasteiger partial charge < -0.3 is 30.5 Å². The zero-order valence-electron chi connectivity index (χ0n) is 19.6. The number of aromatic hydroxyl groups is 1. The van der Waals surface area contributed by atoms with Crippen LogP contribution in [0.2, 0.25) is 0 Å². The van der Waals surface area contributed by atoms with Crippen molar-refractivity contribution in [3.63, 3.8) is 0 Å². The quantitative estimate of drug-likeness (QED) is 0.398. The van der Waals surface area contributed by atoms with Crippen molar-refractivity contribution in [3.8, 4) is 11.8 Å². The summed E-state index contributed by atoms with van der Waals surface area (Å²) >= 11 is 0.772. The van der Waals surface area contributed by atoms with Crippen LogP contribution in [0.25, 0.3) is 0 Å². The summed E-state index contributed by atoms with van der Waals surface area (Å²) in [6, 6.07) is 8.20. The molecule has 2 aromatic rings. The molecule has 4 N–H and O–H groups in total. The average molecular weight is 503 g/mol. The molecule has 186 valence electrons. The Kier molecular flexibility index (Phi) is 9.18. The first-order chi connectivity index (χ1) is 16.4. The molecule has 1 aromatic heterocycles. The zero-order valence-corrected chi connectivity index (χ0v) is 20.4. The van der Waals surface area contributed by atoms with Crippen LogP contribution in [0.5, 0.6) is 5.75 Å². The summed E-state index contributed by atoms with van der Waals surface area (Å²) in [5.74, 6) is -2.08. The highest BCUT2D eigenvalue weighted by atomic mass is 32.1. The van der Waals surface area contributed by atoms with Gasteiger partial charge in [-0.25, -0.2) is 9.59 Å². The lowest BCUT2D eigenvalue weighted by Crippen LogP contribution is -2.49. The maximum atomic E-state index is 12.8. The second-order valence-corrected chi connectivity index (χ2v) is 9.30. The molecular formula is C23H26N4O7S. The van der Waals surface area contributed by atoms with Crippen LogP contribution in [0.3, 0.4) is 0 Å². The topological polar surface area (TPSA) is 167 Å². The van der Waals surface area contributed by atoms with Gasteiger partial charge in [-0.2, -0.15) is 5.26 Å². The molecular weight excluding hydrogens is 476 g/mol. The predicted molar refractivity (Wildman–Crippen MR) is 126 cm³/mol. The van der Waals surface area contributed by atoms with Crippen LogP contribution in [0.1, 0.15) is 51.2 Å². The molecule has 1 atom stereocenters. The second-order valence-electron chi connectivity index (χ2n) is 8.25. The van der Waals surface area contributed by atoms with E-state index in [1.54, 1.807) is 32.9 Å². The van der Waals surface area contributed by atoms with Crippen molar-refractivity contribution < 1.29 is 33.8 Å². The first-order valence-corrected chi connectivity index (χ1v) is 11.2. The van der Waals surface area contributed by atoms with E-state index in [0.29, 0.717) is 5.56 Å². The largest absolute Gasteiger partial charge is 0.508 e. The van der Waals surface area contributed by atoms with Gasteiger partial charge in [0.1, 0.15) is 28.3 Å². The Morgan fingerprint density at radius 1 is 1.14 bits per heavy atom. The monoisotopic (exact) mass is 502 g/mol. The number of nitriles is 1. The van der Waals surface area contributed by atoms with Gasteiger partial charge in [0, 0.05) is 6.54 Å². The van der Waals surface area contributed by atoms with Crippen LogP contribution >= 0.6 is 11.3 Å². The normalized spacial score (nSPS) is 11.5. The van der Waals surface area contributed by atoms with E-state index >= 15 is 0 Å². The average Bonchev–Trinajstić information content (AvgIpc) is 3.23. The van der Waals surface area contributed by atoms with Crippen LogP contribution < -0.4 is 16.0 Å². The molecule has 11 nitrogen and oxygen atoms in total. The number of hydrogen-bond donors (Lipinski definition) is 4. The molecule has 0 radical (unpaired) electrons. The smallest absolute Gasteiger partial charge is 0.407 e. The van der Waals surface area contributed by atoms with Gasteiger partial charge in [0.2, 0.25) is 0 Å². The summed E-state index contributed by atoms with van der Waals surface area (Å²) in [5, 5.41) is 26.4. The second kappa shape index (κ2) is 11.8. The third-order valence-electron chi connectivity index (χ3n) is 4.29. The molecule has 0 aliphatic heterocycles. The molecule has 0 fully saturated rings. The van der Waals surface area contributed by atoms with Gasteiger partial charge in [0.15, 0.2) is 0 Å². The van der Waals surface area contributed by atoms with Gasteiger partial charge in [0.05, 0.1) is 24.1 Å². The molecule has 0 bridgehead atoms. The molecule has 0 saturated heterocycles. The number of carbonyl (C=O) groups excluding carboxylic acids is 4. The minimum Gasteiger partial charge on any atom is -0.508 e. The first-order valence-electron chi connectivity index (χ1n) is 10.4. The van der Waals surface area contributed by atoms with E-state index in [0.717, 1.165) is 18.4 Å². The fraction of sp³-hybridized carbons (Fsp3) is 0.348. The molecule has 0 aliphatic rings. The lowest BCUT2D eigenvalue weighted by molar-refractivity contribution is -0.142. The number of phenols is 1. The molecule has 1 heterocycles.